The second kappa shape index (κ2) is 4.91. The van der Waals surface area contributed by atoms with Crippen LogP contribution in [0, 0.1) is 0 Å². The molecule has 0 N–H and O–H groups in total. The molecule has 1 rings (SSSR count). The van der Waals surface area contributed by atoms with Gasteiger partial charge in [-0.25, -0.2) is 0 Å². The minimum absolute atomic E-state index is 0.835. The van der Waals surface area contributed by atoms with Gasteiger partial charge in [0.2, 0.25) is 0 Å². The van der Waals surface area contributed by atoms with Crippen LogP contribution in [0.15, 0.2) is 17.4 Å². The minimum Gasteiger partial charge on any atom is -0.385 e. The second-order valence-electron chi connectivity index (χ2n) is 2.47. The lowest BCUT2D eigenvalue weighted by atomic mass is 10.4. The highest BCUT2D eigenvalue weighted by atomic mass is 16.5. The number of hydrogen-bond donors (Lipinski definition) is 0. The summed E-state index contributed by atoms with van der Waals surface area (Å²) in [4.78, 5) is 6.19. The molecular formula is C8H14N2O. The molecule has 0 atom stereocenters. The van der Waals surface area contributed by atoms with Gasteiger partial charge >= 0.3 is 0 Å². The van der Waals surface area contributed by atoms with Crippen LogP contribution in [0.4, 0.5) is 0 Å². The Morgan fingerprint density at radius 1 is 1.64 bits per heavy atom. The quantitative estimate of drug-likeness (QED) is 0.561. The van der Waals surface area contributed by atoms with Crippen LogP contribution < -0.4 is 0 Å². The number of ether oxygens (including phenoxy) is 1. The van der Waals surface area contributed by atoms with E-state index in [-0.39, 0.29) is 0 Å². The lowest BCUT2D eigenvalue weighted by Crippen LogP contribution is -2.23. The first-order valence-corrected chi connectivity index (χ1v) is 3.85. The van der Waals surface area contributed by atoms with E-state index < -0.39 is 0 Å². The van der Waals surface area contributed by atoms with Crippen LogP contribution in [-0.4, -0.2) is 37.9 Å². The van der Waals surface area contributed by atoms with Crippen LogP contribution in [-0.2, 0) is 4.74 Å². The van der Waals surface area contributed by atoms with Gasteiger partial charge in [0.05, 0.1) is 6.54 Å². The first-order valence-electron chi connectivity index (χ1n) is 3.85. The topological polar surface area (TPSA) is 24.8 Å². The third-order valence-corrected chi connectivity index (χ3v) is 1.58. The molecule has 1 aliphatic rings. The fourth-order valence-electron chi connectivity index (χ4n) is 0.984. The van der Waals surface area contributed by atoms with Crippen molar-refractivity contribution in [2.24, 2.45) is 4.99 Å². The molecule has 0 saturated heterocycles. The van der Waals surface area contributed by atoms with Gasteiger partial charge < -0.3 is 9.64 Å². The third kappa shape index (κ3) is 3.18. The second-order valence-corrected chi connectivity index (χ2v) is 2.47. The number of rotatable bonds is 4. The first-order chi connectivity index (χ1) is 5.43. The Balaban J connectivity index is 2.07. The highest BCUT2D eigenvalue weighted by Crippen LogP contribution is 1.96. The molecule has 0 aromatic rings. The summed E-state index contributed by atoms with van der Waals surface area (Å²) in [6.07, 6.45) is 6.81. The van der Waals surface area contributed by atoms with Crippen LogP contribution in [0.5, 0.6) is 0 Å². The molecule has 0 amide bonds. The Morgan fingerprint density at radius 3 is 3.18 bits per heavy atom. The average molecular weight is 154 g/mol. The molecule has 62 valence electrons. The van der Waals surface area contributed by atoms with Gasteiger partial charge in [0.25, 0.3) is 0 Å². The molecule has 1 heterocycles. The van der Waals surface area contributed by atoms with E-state index in [9.17, 15) is 0 Å². The fraction of sp³-hybridized carbons (Fsp3) is 0.625. The van der Waals surface area contributed by atoms with Gasteiger partial charge in [0.15, 0.2) is 0 Å². The Bertz CT molecular complexity index is 154. The summed E-state index contributed by atoms with van der Waals surface area (Å²) in [7, 11) is 1.73. The van der Waals surface area contributed by atoms with Crippen molar-refractivity contribution in [2.75, 3.05) is 26.8 Å². The van der Waals surface area contributed by atoms with Gasteiger partial charge in [-0.05, 0) is 6.42 Å². The van der Waals surface area contributed by atoms with Crippen molar-refractivity contribution in [3.8, 4) is 0 Å². The van der Waals surface area contributed by atoms with Gasteiger partial charge in [0.1, 0.15) is 0 Å². The largest absolute Gasteiger partial charge is 0.385 e. The summed E-state index contributed by atoms with van der Waals surface area (Å²) in [5, 5.41) is 0. The maximum atomic E-state index is 4.95. The van der Waals surface area contributed by atoms with E-state index in [0.29, 0.717) is 0 Å². The molecule has 1 aliphatic heterocycles. The van der Waals surface area contributed by atoms with Crippen molar-refractivity contribution in [3.63, 3.8) is 0 Å². The molecule has 11 heavy (non-hydrogen) atoms. The molecule has 0 unspecified atom stereocenters. The zero-order valence-corrected chi connectivity index (χ0v) is 6.86. The first kappa shape index (κ1) is 8.27. The number of hydrogen-bond acceptors (Lipinski definition) is 3. The summed E-state index contributed by atoms with van der Waals surface area (Å²) < 4.78 is 4.95. The van der Waals surface area contributed by atoms with Crippen LogP contribution >= 0.6 is 0 Å². The lowest BCUT2D eigenvalue weighted by Gasteiger charge is -2.18. The highest BCUT2D eigenvalue weighted by Gasteiger charge is 1.98. The number of methoxy groups -OCH3 is 1. The van der Waals surface area contributed by atoms with Gasteiger partial charge in [-0.15, -0.1) is 0 Å². The predicted octanol–water partition coefficient (Wildman–Crippen LogP) is 0.881. The van der Waals surface area contributed by atoms with Crippen molar-refractivity contribution < 1.29 is 4.74 Å². The van der Waals surface area contributed by atoms with E-state index in [0.717, 1.165) is 26.1 Å². The van der Waals surface area contributed by atoms with E-state index in [1.807, 2.05) is 18.6 Å². The standard InChI is InChI=1S/C8H14N2O/c1-11-8-2-5-10-6-3-9-4-7-10/h3-4,6H,2,5,7-8H2,1H3. The number of aliphatic imine (C=N–C) groups is 1. The summed E-state index contributed by atoms with van der Waals surface area (Å²) in [5.41, 5.74) is 0. The summed E-state index contributed by atoms with van der Waals surface area (Å²) >= 11 is 0. The van der Waals surface area contributed by atoms with E-state index >= 15 is 0 Å². The van der Waals surface area contributed by atoms with E-state index in [2.05, 4.69) is 9.89 Å². The van der Waals surface area contributed by atoms with E-state index in [1.54, 1.807) is 7.11 Å². The van der Waals surface area contributed by atoms with Gasteiger partial charge in [-0.3, -0.25) is 4.99 Å². The molecule has 0 aromatic carbocycles. The smallest absolute Gasteiger partial charge is 0.0527 e. The summed E-state index contributed by atoms with van der Waals surface area (Å²) in [6.45, 7) is 2.82. The Morgan fingerprint density at radius 2 is 2.55 bits per heavy atom. The molecule has 0 aromatic heterocycles. The van der Waals surface area contributed by atoms with Crippen LogP contribution in [0.2, 0.25) is 0 Å². The van der Waals surface area contributed by atoms with Crippen molar-refractivity contribution in [3.05, 3.63) is 12.4 Å². The molecular weight excluding hydrogens is 140 g/mol. The molecule has 0 bridgehead atoms. The van der Waals surface area contributed by atoms with Gasteiger partial charge in [-0.2, -0.15) is 0 Å². The minimum atomic E-state index is 0.835. The molecule has 3 heteroatoms. The normalized spacial score (nSPS) is 15.9. The van der Waals surface area contributed by atoms with E-state index in [4.69, 9.17) is 4.74 Å². The molecule has 0 radical (unpaired) electrons. The Hall–Kier alpha value is -0.830. The zero-order chi connectivity index (χ0) is 7.94. The highest BCUT2D eigenvalue weighted by molar-refractivity contribution is 5.61. The molecule has 3 nitrogen and oxygen atoms in total. The molecule has 0 fully saturated rings. The molecule has 0 spiro atoms. The third-order valence-electron chi connectivity index (χ3n) is 1.58. The maximum Gasteiger partial charge on any atom is 0.0527 e. The maximum absolute atomic E-state index is 4.95. The van der Waals surface area contributed by atoms with E-state index in [1.165, 1.54) is 0 Å². The average Bonchev–Trinajstić information content (AvgIpc) is 2.07. The zero-order valence-electron chi connectivity index (χ0n) is 6.86. The van der Waals surface area contributed by atoms with Crippen molar-refractivity contribution in [1.29, 1.82) is 0 Å². The van der Waals surface area contributed by atoms with Crippen molar-refractivity contribution >= 4 is 6.21 Å². The Labute approximate surface area is 67.4 Å². The van der Waals surface area contributed by atoms with Gasteiger partial charge in [0, 0.05) is 38.9 Å². The Kier molecular flexibility index (Phi) is 3.69. The van der Waals surface area contributed by atoms with Crippen LogP contribution in [0.25, 0.3) is 0 Å². The summed E-state index contributed by atoms with van der Waals surface area (Å²) in [5.74, 6) is 0. The lowest BCUT2D eigenvalue weighted by molar-refractivity contribution is 0.185. The predicted molar refractivity (Wildman–Crippen MR) is 45.7 cm³/mol. The molecule has 0 aliphatic carbocycles. The number of nitrogens with zero attached hydrogens (tertiary/aromatic N) is 2. The van der Waals surface area contributed by atoms with Crippen LogP contribution in [0.1, 0.15) is 6.42 Å². The van der Waals surface area contributed by atoms with Crippen molar-refractivity contribution in [2.45, 2.75) is 6.42 Å². The monoisotopic (exact) mass is 154 g/mol. The van der Waals surface area contributed by atoms with Gasteiger partial charge in [-0.1, -0.05) is 0 Å². The SMILES string of the molecule is COCCCN1C=CN=CC1. The molecule has 0 saturated carbocycles. The summed E-state index contributed by atoms with van der Waals surface area (Å²) in [6, 6.07) is 0. The fourth-order valence-corrected chi connectivity index (χ4v) is 0.984. The van der Waals surface area contributed by atoms with Crippen molar-refractivity contribution in [1.82, 2.24) is 4.90 Å². The van der Waals surface area contributed by atoms with Crippen LogP contribution in [0.3, 0.4) is 0 Å².